The molecule has 0 radical (unpaired) electrons. The second-order valence-corrected chi connectivity index (χ2v) is 7.13. The van der Waals surface area contributed by atoms with Crippen LogP contribution in [0.2, 0.25) is 5.02 Å². The summed E-state index contributed by atoms with van der Waals surface area (Å²) in [5.74, 6) is -0.0796. The van der Waals surface area contributed by atoms with Gasteiger partial charge in [-0.2, -0.15) is 0 Å². The molecule has 25 heavy (non-hydrogen) atoms. The van der Waals surface area contributed by atoms with E-state index in [0.29, 0.717) is 23.7 Å². The van der Waals surface area contributed by atoms with Crippen molar-refractivity contribution in [2.24, 2.45) is 0 Å². The van der Waals surface area contributed by atoms with Crippen molar-refractivity contribution in [3.63, 3.8) is 0 Å². The van der Waals surface area contributed by atoms with Crippen LogP contribution in [0.15, 0.2) is 42.5 Å². The van der Waals surface area contributed by atoms with Crippen LogP contribution in [0.25, 0.3) is 0 Å². The van der Waals surface area contributed by atoms with Crippen LogP contribution >= 0.6 is 11.6 Å². The van der Waals surface area contributed by atoms with Gasteiger partial charge >= 0.3 is 0 Å². The first-order chi connectivity index (χ1) is 12.0. The van der Waals surface area contributed by atoms with E-state index in [1.165, 1.54) is 5.56 Å². The number of aryl methyl sites for hydroxylation is 1. The number of hydrogen-bond acceptors (Lipinski definition) is 2. The Bertz CT molecular complexity index is 865. The normalized spacial score (nSPS) is 19.4. The second kappa shape index (κ2) is 6.19. The molecule has 2 aromatic rings. The highest BCUT2D eigenvalue weighted by Gasteiger charge is 2.38. The molecular weight excluding hydrogens is 336 g/mol. The molecule has 2 amide bonds. The molecule has 1 saturated heterocycles. The van der Waals surface area contributed by atoms with Crippen molar-refractivity contribution >= 4 is 23.4 Å². The van der Waals surface area contributed by atoms with Crippen molar-refractivity contribution in [2.45, 2.75) is 19.4 Å². The van der Waals surface area contributed by atoms with Crippen molar-refractivity contribution in [1.82, 2.24) is 9.80 Å². The summed E-state index contributed by atoms with van der Waals surface area (Å²) in [6.45, 7) is 3.26. The minimum Gasteiger partial charge on any atom is -0.332 e. The summed E-state index contributed by atoms with van der Waals surface area (Å²) in [4.78, 5) is 29.2. The first kappa shape index (κ1) is 16.2. The molecule has 4 nitrogen and oxygen atoms in total. The van der Waals surface area contributed by atoms with Crippen LogP contribution in [0.1, 0.15) is 33.1 Å². The minimum atomic E-state index is -0.114. The van der Waals surface area contributed by atoms with Crippen molar-refractivity contribution < 1.29 is 9.59 Å². The molecule has 1 atom stereocenters. The van der Waals surface area contributed by atoms with Gasteiger partial charge in [0.2, 0.25) is 5.91 Å². The standard InChI is InChI=1S/C20H19ClN2O2/c1-13-4-2-3-5-16(13)20(25)22-11-18-17-10-15(21)7-6-14(17)8-9-23(18)19(24)12-22/h2-7,10,18H,8-9,11-12H2,1H3. The van der Waals surface area contributed by atoms with Gasteiger partial charge in [-0.15, -0.1) is 0 Å². The molecule has 0 N–H and O–H groups in total. The predicted molar refractivity (Wildman–Crippen MR) is 96.7 cm³/mol. The van der Waals surface area contributed by atoms with E-state index in [9.17, 15) is 9.59 Å². The van der Waals surface area contributed by atoms with Gasteiger partial charge in [-0.1, -0.05) is 35.9 Å². The van der Waals surface area contributed by atoms with Crippen LogP contribution in [-0.2, 0) is 11.2 Å². The molecule has 5 heteroatoms. The number of halogens is 1. The number of piperazine rings is 1. The van der Waals surface area contributed by atoms with E-state index < -0.39 is 0 Å². The lowest BCUT2D eigenvalue weighted by molar-refractivity contribution is -0.139. The zero-order chi connectivity index (χ0) is 17.6. The van der Waals surface area contributed by atoms with Gasteiger partial charge in [-0.3, -0.25) is 9.59 Å². The fraction of sp³-hybridized carbons (Fsp3) is 0.300. The smallest absolute Gasteiger partial charge is 0.254 e. The van der Waals surface area contributed by atoms with Gasteiger partial charge in [0.05, 0.1) is 6.04 Å². The van der Waals surface area contributed by atoms with Crippen LogP contribution in [0, 0.1) is 6.92 Å². The zero-order valence-corrected chi connectivity index (χ0v) is 14.8. The van der Waals surface area contributed by atoms with Crippen LogP contribution in [-0.4, -0.2) is 41.2 Å². The Kier molecular flexibility index (Phi) is 4.00. The molecule has 128 valence electrons. The highest BCUT2D eigenvalue weighted by atomic mass is 35.5. The molecule has 2 aliphatic rings. The molecule has 2 aliphatic heterocycles. The fourth-order valence-corrected chi connectivity index (χ4v) is 4.01. The van der Waals surface area contributed by atoms with E-state index in [1.807, 2.05) is 54.3 Å². The average Bonchev–Trinajstić information content (AvgIpc) is 2.61. The maximum atomic E-state index is 12.9. The van der Waals surface area contributed by atoms with Gasteiger partial charge in [-0.25, -0.2) is 0 Å². The Morgan fingerprint density at radius 2 is 2.00 bits per heavy atom. The van der Waals surface area contributed by atoms with Gasteiger partial charge in [0.1, 0.15) is 6.54 Å². The van der Waals surface area contributed by atoms with Crippen LogP contribution in [0.5, 0.6) is 0 Å². The lowest BCUT2D eigenvalue weighted by Gasteiger charge is -2.44. The molecule has 1 unspecified atom stereocenters. The SMILES string of the molecule is Cc1ccccc1C(=O)N1CC(=O)N2CCc3ccc(Cl)cc3C2C1. The van der Waals surface area contributed by atoms with Gasteiger partial charge in [-0.05, 0) is 48.2 Å². The van der Waals surface area contributed by atoms with Crippen molar-refractivity contribution in [2.75, 3.05) is 19.6 Å². The fourth-order valence-electron chi connectivity index (χ4n) is 3.83. The number of benzene rings is 2. The van der Waals surface area contributed by atoms with E-state index in [1.54, 1.807) is 4.90 Å². The van der Waals surface area contributed by atoms with Crippen molar-refractivity contribution in [1.29, 1.82) is 0 Å². The topological polar surface area (TPSA) is 40.6 Å². The molecule has 4 rings (SSSR count). The van der Waals surface area contributed by atoms with E-state index in [-0.39, 0.29) is 24.4 Å². The average molecular weight is 355 g/mol. The Hall–Kier alpha value is -2.33. The van der Waals surface area contributed by atoms with Crippen LogP contribution in [0.3, 0.4) is 0 Å². The minimum absolute atomic E-state index is 0.00353. The molecular formula is C20H19ClN2O2. The van der Waals surface area contributed by atoms with E-state index >= 15 is 0 Å². The molecule has 0 saturated carbocycles. The number of nitrogens with zero attached hydrogens (tertiary/aromatic N) is 2. The summed E-state index contributed by atoms with van der Waals surface area (Å²) >= 11 is 6.18. The highest BCUT2D eigenvalue weighted by Crippen LogP contribution is 2.35. The van der Waals surface area contributed by atoms with Gasteiger partial charge in [0, 0.05) is 23.7 Å². The Morgan fingerprint density at radius 1 is 1.20 bits per heavy atom. The number of carbonyl (C=O) groups is 2. The number of hydrogen-bond donors (Lipinski definition) is 0. The molecule has 1 fully saturated rings. The lowest BCUT2D eigenvalue weighted by atomic mass is 9.90. The summed E-state index contributed by atoms with van der Waals surface area (Å²) in [6, 6.07) is 13.2. The zero-order valence-electron chi connectivity index (χ0n) is 14.0. The quantitative estimate of drug-likeness (QED) is 0.789. The summed E-state index contributed by atoms with van der Waals surface area (Å²) in [5, 5.41) is 0.662. The summed E-state index contributed by atoms with van der Waals surface area (Å²) in [7, 11) is 0. The van der Waals surface area contributed by atoms with Crippen LogP contribution in [0.4, 0.5) is 0 Å². The lowest BCUT2D eigenvalue weighted by Crippen LogP contribution is -2.55. The van der Waals surface area contributed by atoms with Crippen LogP contribution < -0.4 is 0 Å². The number of fused-ring (bicyclic) bond motifs is 3. The molecule has 2 heterocycles. The van der Waals surface area contributed by atoms with E-state index in [2.05, 4.69) is 0 Å². The van der Waals surface area contributed by atoms with Gasteiger partial charge in [0.15, 0.2) is 0 Å². The largest absolute Gasteiger partial charge is 0.332 e. The van der Waals surface area contributed by atoms with Crippen molar-refractivity contribution in [3.05, 3.63) is 69.7 Å². The Labute approximate surface area is 152 Å². The molecule has 0 bridgehead atoms. The highest BCUT2D eigenvalue weighted by molar-refractivity contribution is 6.30. The number of carbonyl (C=O) groups excluding carboxylic acids is 2. The molecule has 0 aliphatic carbocycles. The monoisotopic (exact) mass is 354 g/mol. The van der Waals surface area contributed by atoms with Crippen molar-refractivity contribution in [3.8, 4) is 0 Å². The summed E-state index contributed by atoms with van der Waals surface area (Å²) < 4.78 is 0. The maximum Gasteiger partial charge on any atom is 0.254 e. The van der Waals surface area contributed by atoms with Gasteiger partial charge < -0.3 is 9.80 Å². The first-order valence-corrected chi connectivity index (χ1v) is 8.85. The first-order valence-electron chi connectivity index (χ1n) is 8.47. The van der Waals surface area contributed by atoms with E-state index in [0.717, 1.165) is 17.5 Å². The number of amides is 2. The third-order valence-corrected chi connectivity index (χ3v) is 5.40. The molecule has 0 spiro atoms. The Balaban J connectivity index is 1.68. The second-order valence-electron chi connectivity index (χ2n) is 6.70. The summed E-state index contributed by atoms with van der Waals surface area (Å²) in [5.41, 5.74) is 3.86. The third-order valence-electron chi connectivity index (χ3n) is 5.17. The predicted octanol–water partition coefficient (Wildman–Crippen LogP) is 3.23. The molecule has 0 aromatic heterocycles. The summed E-state index contributed by atoms with van der Waals surface area (Å²) in [6.07, 6.45) is 0.834. The Morgan fingerprint density at radius 3 is 2.80 bits per heavy atom. The maximum absolute atomic E-state index is 12.9. The molecule has 2 aromatic carbocycles. The third kappa shape index (κ3) is 2.81. The van der Waals surface area contributed by atoms with E-state index in [4.69, 9.17) is 11.6 Å². The van der Waals surface area contributed by atoms with Gasteiger partial charge in [0.25, 0.3) is 5.91 Å². The number of rotatable bonds is 1.